The Morgan fingerprint density at radius 2 is 0.667 bits per heavy atom. The molecular weight excluding hydrogens is 304 g/mol. The van der Waals surface area contributed by atoms with Crippen LogP contribution in [0.4, 0.5) is 0 Å². The fraction of sp³-hybridized carbons (Fsp3) is 0. The SMILES string of the molecule is O.O.[Ba+2].[O-][Cl+][O-].[O-][Cl+][O-]. The van der Waals surface area contributed by atoms with Gasteiger partial charge >= 0.3 is 48.9 Å². The third-order valence-corrected chi connectivity index (χ3v) is 0. The Labute approximate surface area is 99.7 Å². The molecule has 0 aliphatic carbocycles. The summed E-state index contributed by atoms with van der Waals surface area (Å²) in [5.74, 6) is 0. The van der Waals surface area contributed by atoms with Crippen LogP contribution < -0.4 is 18.6 Å². The summed E-state index contributed by atoms with van der Waals surface area (Å²) in [7, 11) is 0. The van der Waals surface area contributed by atoms with E-state index in [0.29, 0.717) is 0 Å². The summed E-state index contributed by atoms with van der Waals surface area (Å²) in [6.45, 7) is 0. The van der Waals surface area contributed by atoms with Gasteiger partial charge in [0.25, 0.3) is 0 Å². The molecule has 0 atom stereocenters. The van der Waals surface area contributed by atoms with Crippen LogP contribution >= 0.6 is 0 Å². The normalized spacial score (nSPS) is 4.00. The van der Waals surface area contributed by atoms with E-state index < -0.39 is 22.7 Å². The summed E-state index contributed by atoms with van der Waals surface area (Å²) in [5.41, 5.74) is 0. The Kier molecular flexibility index (Phi) is 175. The van der Waals surface area contributed by atoms with Crippen molar-refractivity contribution in [1.29, 1.82) is 0 Å². The van der Waals surface area contributed by atoms with Crippen molar-refractivity contribution in [1.82, 2.24) is 0 Å². The van der Waals surface area contributed by atoms with Gasteiger partial charge in [-0.1, -0.05) is 0 Å². The molecular formula is H4BaCl2O6. The minimum Gasteiger partial charge on any atom is -0.544 e. The first-order chi connectivity index (χ1) is 2.83. The van der Waals surface area contributed by atoms with Crippen LogP contribution in [-0.4, -0.2) is 59.8 Å². The van der Waals surface area contributed by atoms with Crippen molar-refractivity contribution in [2.75, 3.05) is 0 Å². The van der Waals surface area contributed by atoms with Gasteiger partial charge in [-0.05, 0) is 0 Å². The van der Waals surface area contributed by atoms with Crippen LogP contribution in [0.5, 0.6) is 0 Å². The fourth-order valence-corrected chi connectivity index (χ4v) is 0. The van der Waals surface area contributed by atoms with Gasteiger partial charge in [0, 0.05) is 0 Å². The molecule has 0 radical (unpaired) electrons. The summed E-state index contributed by atoms with van der Waals surface area (Å²) < 4.78 is 32.9. The molecule has 0 saturated heterocycles. The quantitative estimate of drug-likeness (QED) is 0.408. The monoisotopic (exact) mass is 308 g/mol. The van der Waals surface area contributed by atoms with E-state index in [2.05, 4.69) is 0 Å². The predicted molar refractivity (Wildman–Crippen MR) is 13.0 cm³/mol. The maximum absolute atomic E-state index is 8.24. The topological polar surface area (TPSA) is 155 Å². The van der Waals surface area contributed by atoms with Crippen molar-refractivity contribution < 1.29 is 52.2 Å². The van der Waals surface area contributed by atoms with Crippen LogP contribution in [0, 0.1) is 22.7 Å². The maximum Gasteiger partial charge on any atom is 2.00 e. The smallest absolute Gasteiger partial charge is 0.544 e. The standard InChI is InChI=1S/Ba.2ClO2.2H2O/c;2*2-1-3;;/h;;;2*1H2/q+2;2*-1;;. The molecule has 9 heavy (non-hydrogen) atoms. The van der Waals surface area contributed by atoms with Gasteiger partial charge in [-0.15, -0.1) is 0 Å². The van der Waals surface area contributed by atoms with Gasteiger partial charge in [-0.25, -0.2) is 0 Å². The molecule has 0 aliphatic rings. The van der Waals surface area contributed by atoms with Gasteiger partial charge in [0.15, 0.2) is 0 Å². The van der Waals surface area contributed by atoms with Gasteiger partial charge < -0.3 is 29.6 Å². The molecule has 0 aromatic heterocycles. The average molecular weight is 308 g/mol. The molecule has 0 aromatic rings. The molecule has 0 amide bonds. The summed E-state index contributed by atoms with van der Waals surface area (Å²) in [6.07, 6.45) is 0. The number of rotatable bonds is 0. The molecule has 0 saturated carbocycles. The van der Waals surface area contributed by atoms with Crippen molar-refractivity contribution >= 4 is 48.9 Å². The van der Waals surface area contributed by atoms with E-state index in [1.807, 2.05) is 0 Å². The van der Waals surface area contributed by atoms with E-state index >= 15 is 0 Å². The van der Waals surface area contributed by atoms with Crippen LogP contribution in [-0.2, 0) is 0 Å². The second-order valence-electron chi connectivity index (χ2n) is 0.126. The van der Waals surface area contributed by atoms with Gasteiger partial charge in [0.2, 0.25) is 0 Å². The Hall–Kier alpha value is 1.91. The Morgan fingerprint density at radius 1 is 0.667 bits per heavy atom. The van der Waals surface area contributed by atoms with E-state index in [4.69, 9.17) is 18.6 Å². The molecule has 0 aromatic carbocycles. The zero-order valence-corrected chi connectivity index (χ0v) is 10.0. The first kappa shape index (κ1) is 30.7. The van der Waals surface area contributed by atoms with Crippen LogP contribution in [0.25, 0.3) is 0 Å². The molecule has 0 spiro atoms. The van der Waals surface area contributed by atoms with Gasteiger partial charge in [-0.3, -0.25) is 0 Å². The van der Waals surface area contributed by atoms with E-state index in [0.717, 1.165) is 0 Å². The van der Waals surface area contributed by atoms with Crippen molar-refractivity contribution in [2.45, 2.75) is 0 Å². The van der Waals surface area contributed by atoms with Gasteiger partial charge in [0.05, 0.1) is 22.7 Å². The molecule has 0 bridgehead atoms. The van der Waals surface area contributed by atoms with Crippen LogP contribution in [0.2, 0.25) is 0 Å². The van der Waals surface area contributed by atoms with E-state index in [1.165, 1.54) is 0 Å². The van der Waals surface area contributed by atoms with Crippen molar-refractivity contribution in [2.24, 2.45) is 0 Å². The minimum atomic E-state index is -0.417. The van der Waals surface area contributed by atoms with Crippen molar-refractivity contribution in [3.63, 3.8) is 0 Å². The minimum absolute atomic E-state index is 0. The first-order valence-electron chi connectivity index (χ1n) is 0.617. The summed E-state index contributed by atoms with van der Waals surface area (Å²) in [4.78, 5) is 0. The Morgan fingerprint density at radius 3 is 0.667 bits per heavy atom. The first-order valence-corrected chi connectivity index (χ1v) is 1.85. The molecule has 0 rings (SSSR count). The fourth-order valence-electron chi connectivity index (χ4n) is 0. The summed E-state index contributed by atoms with van der Waals surface area (Å²) >= 11 is -0.833. The second kappa shape index (κ2) is 51.4. The molecule has 6 nitrogen and oxygen atoms in total. The number of hydrogen-bond donors (Lipinski definition) is 0. The Bertz CT molecular complexity index is 13.0. The average Bonchev–Trinajstić information content (AvgIpc) is 1.39. The van der Waals surface area contributed by atoms with Crippen molar-refractivity contribution in [3.05, 3.63) is 0 Å². The van der Waals surface area contributed by atoms with Crippen LogP contribution in [0.3, 0.4) is 0 Å². The summed E-state index contributed by atoms with van der Waals surface area (Å²) in [5, 5.41) is 0. The van der Waals surface area contributed by atoms with Crippen LogP contribution in [0.15, 0.2) is 0 Å². The predicted octanol–water partition coefficient (Wildman–Crippen LogP) is -6.79. The molecule has 0 fully saturated rings. The zero-order chi connectivity index (χ0) is 5.41. The van der Waals surface area contributed by atoms with Crippen LogP contribution in [0.1, 0.15) is 0 Å². The van der Waals surface area contributed by atoms with Gasteiger partial charge in [0.1, 0.15) is 0 Å². The van der Waals surface area contributed by atoms with E-state index in [-0.39, 0.29) is 59.8 Å². The molecule has 4 N–H and O–H groups in total. The number of hydrogen-bond acceptors (Lipinski definition) is 4. The van der Waals surface area contributed by atoms with Gasteiger partial charge in [-0.2, -0.15) is 0 Å². The molecule has 0 unspecified atom stereocenters. The third kappa shape index (κ3) is 170. The van der Waals surface area contributed by atoms with E-state index in [1.54, 1.807) is 0 Å². The Balaban J connectivity index is -0.00000000889. The summed E-state index contributed by atoms with van der Waals surface area (Å²) in [6, 6.07) is 0. The second-order valence-corrected chi connectivity index (χ2v) is 0.378. The third-order valence-electron chi connectivity index (χ3n) is 0. The largest absolute Gasteiger partial charge is 2.00 e. The molecule has 0 aliphatic heterocycles. The molecule has 56 valence electrons. The molecule has 0 heterocycles. The maximum atomic E-state index is 8.24. The zero-order valence-electron chi connectivity index (χ0n) is 4.10. The number of halogens is 2. The molecule has 9 heteroatoms. The van der Waals surface area contributed by atoms with E-state index in [9.17, 15) is 0 Å². The van der Waals surface area contributed by atoms with Crippen molar-refractivity contribution in [3.8, 4) is 0 Å².